The van der Waals surface area contributed by atoms with Gasteiger partial charge in [-0.2, -0.15) is 18.3 Å². The number of halogens is 4. The zero-order valence-corrected chi connectivity index (χ0v) is 12.0. The summed E-state index contributed by atoms with van der Waals surface area (Å²) in [6.45, 7) is 2.46. The van der Waals surface area contributed by atoms with Crippen molar-refractivity contribution in [3.8, 4) is 0 Å². The first-order valence-corrected chi connectivity index (χ1v) is 6.14. The minimum Gasteiger partial charge on any atom is -0.381 e. The van der Waals surface area contributed by atoms with E-state index in [0.29, 0.717) is 16.9 Å². The van der Waals surface area contributed by atoms with Crippen LogP contribution in [0.1, 0.15) is 13.8 Å². The van der Waals surface area contributed by atoms with E-state index < -0.39 is 23.8 Å². The summed E-state index contributed by atoms with van der Waals surface area (Å²) in [5.41, 5.74) is 4.68. The van der Waals surface area contributed by atoms with Crippen molar-refractivity contribution in [2.24, 2.45) is 5.73 Å². The predicted molar refractivity (Wildman–Crippen MR) is 69.0 cm³/mol. The molecule has 3 N–H and O–H groups in total. The van der Waals surface area contributed by atoms with Gasteiger partial charge in [-0.05, 0) is 29.8 Å². The van der Waals surface area contributed by atoms with Gasteiger partial charge in [-0.3, -0.25) is 4.79 Å². The maximum Gasteiger partial charge on any atom is 0.408 e. The molecule has 0 bridgehead atoms. The molecule has 0 aromatic carbocycles. The Hall–Kier alpha value is -1.09. The number of alkyl halides is 3. The molecule has 108 valence electrons. The van der Waals surface area contributed by atoms with Crippen LogP contribution in [0.25, 0.3) is 0 Å². The molecule has 9 heteroatoms. The number of nitrogens with zero attached hydrogens (tertiary/aromatic N) is 2. The number of hydrogen-bond acceptors (Lipinski definition) is 4. The second-order valence-corrected chi connectivity index (χ2v) is 5.59. The average molecular weight is 343 g/mol. The van der Waals surface area contributed by atoms with Gasteiger partial charge in [0.25, 0.3) is 5.56 Å². The minimum absolute atomic E-state index is 0.00370. The van der Waals surface area contributed by atoms with Crippen molar-refractivity contribution in [1.29, 1.82) is 0 Å². The van der Waals surface area contributed by atoms with Gasteiger partial charge >= 0.3 is 6.18 Å². The summed E-state index contributed by atoms with van der Waals surface area (Å²) >= 11 is 2.96. The fourth-order valence-electron chi connectivity index (χ4n) is 1.19. The van der Waals surface area contributed by atoms with Crippen molar-refractivity contribution < 1.29 is 13.2 Å². The van der Waals surface area contributed by atoms with Crippen LogP contribution in [-0.4, -0.2) is 28.0 Å². The van der Waals surface area contributed by atoms with Crippen molar-refractivity contribution in [3.63, 3.8) is 0 Å². The Morgan fingerprint density at radius 1 is 1.47 bits per heavy atom. The topological polar surface area (TPSA) is 72.9 Å². The Balaban J connectivity index is 2.95. The molecule has 1 aromatic heterocycles. The van der Waals surface area contributed by atoms with Crippen LogP contribution in [-0.2, 0) is 6.54 Å². The molecular weight excluding hydrogens is 329 g/mol. The van der Waals surface area contributed by atoms with E-state index in [2.05, 4.69) is 26.3 Å². The van der Waals surface area contributed by atoms with Crippen molar-refractivity contribution in [2.75, 3.05) is 11.9 Å². The molecule has 0 saturated heterocycles. The van der Waals surface area contributed by atoms with E-state index in [1.165, 1.54) is 0 Å². The quantitative estimate of drug-likeness (QED) is 0.873. The second kappa shape index (κ2) is 5.49. The molecule has 0 aliphatic carbocycles. The van der Waals surface area contributed by atoms with E-state index in [1.54, 1.807) is 13.8 Å². The third kappa shape index (κ3) is 5.19. The Bertz CT molecular complexity index is 507. The maximum atomic E-state index is 12.2. The summed E-state index contributed by atoms with van der Waals surface area (Å²) in [4.78, 5) is 11.7. The molecule has 5 nitrogen and oxygen atoms in total. The molecule has 1 rings (SSSR count). The molecule has 0 radical (unpaired) electrons. The third-order valence-corrected chi connectivity index (χ3v) is 2.81. The highest BCUT2D eigenvalue weighted by Crippen LogP contribution is 2.19. The number of nitrogens with one attached hydrogen (secondary N) is 1. The summed E-state index contributed by atoms with van der Waals surface area (Å²) in [5.74, 6) is 0. The van der Waals surface area contributed by atoms with Gasteiger partial charge in [0.05, 0.1) is 11.9 Å². The van der Waals surface area contributed by atoms with Crippen LogP contribution in [0.2, 0.25) is 0 Å². The van der Waals surface area contributed by atoms with Gasteiger partial charge in [0.1, 0.15) is 11.0 Å². The van der Waals surface area contributed by atoms with Gasteiger partial charge in [-0.1, -0.05) is 0 Å². The van der Waals surface area contributed by atoms with Gasteiger partial charge in [-0.25, -0.2) is 4.68 Å². The lowest BCUT2D eigenvalue weighted by Crippen LogP contribution is -2.40. The zero-order chi connectivity index (χ0) is 14.8. The van der Waals surface area contributed by atoms with Crippen LogP contribution in [0.15, 0.2) is 15.5 Å². The fourth-order valence-corrected chi connectivity index (χ4v) is 1.64. The molecule has 0 saturated carbocycles. The van der Waals surface area contributed by atoms with E-state index in [4.69, 9.17) is 5.73 Å². The van der Waals surface area contributed by atoms with Gasteiger partial charge in [0.2, 0.25) is 0 Å². The molecule has 0 aliphatic heterocycles. The number of aromatic nitrogens is 2. The monoisotopic (exact) mass is 342 g/mol. The van der Waals surface area contributed by atoms with Crippen LogP contribution in [0.3, 0.4) is 0 Å². The van der Waals surface area contributed by atoms with E-state index in [9.17, 15) is 18.0 Å². The van der Waals surface area contributed by atoms with Gasteiger partial charge in [0, 0.05) is 12.1 Å². The summed E-state index contributed by atoms with van der Waals surface area (Å²) in [5, 5.41) is 6.33. The summed E-state index contributed by atoms with van der Waals surface area (Å²) in [7, 11) is 0. The standard InChI is InChI=1S/C10H14BrF3N4O/c1-9(2,15)4-16-6-3-17-18(5-10(12,13)14)8(19)7(6)11/h3,16H,4-5,15H2,1-2H3. The maximum absolute atomic E-state index is 12.2. The highest BCUT2D eigenvalue weighted by atomic mass is 79.9. The van der Waals surface area contributed by atoms with E-state index >= 15 is 0 Å². The molecular formula is C10H14BrF3N4O. The van der Waals surface area contributed by atoms with Gasteiger partial charge < -0.3 is 11.1 Å². The Morgan fingerprint density at radius 2 is 2.05 bits per heavy atom. The number of hydrogen-bond donors (Lipinski definition) is 2. The summed E-state index contributed by atoms with van der Waals surface area (Å²) in [6, 6.07) is 0. The Kier molecular flexibility index (Phi) is 4.62. The molecule has 0 spiro atoms. The highest BCUT2D eigenvalue weighted by Gasteiger charge is 2.29. The second-order valence-electron chi connectivity index (χ2n) is 4.79. The van der Waals surface area contributed by atoms with Crippen LogP contribution in [0.5, 0.6) is 0 Å². The van der Waals surface area contributed by atoms with E-state index in [-0.39, 0.29) is 4.47 Å². The Labute approximate surface area is 116 Å². The number of rotatable bonds is 4. The molecule has 0 fully saturated rings. The van der Waals surface area contributed by atoms with Crippen molar-refractivity contribution >= 4 is 21.6 Å². The highest BCUT2D eigenvalue weighted by molar-refractivity contribution is 9.10. The zero-order valence-electron chi connectivity index (χ0n) is 10.4. The molecule has 19 heavy (non-hydrogen) atoms. The fraction of sp³-hybridized carbons (Fsp3) is 0.600. The average Bonchev–Trinajstić information content (AvgIpc) is 2.21. The third-order valence-electron chi connectivity index (χ3n) is 2.05. The van der Waals surface area contributed by atoms with E-state index in [0.717, 1.165) is 6.20 Å². The SMILES string of the molecule is CC(C)(N)CNc1cnn(CC(F)(F)F)c(=O)c1Br. The van der Waals surface area contributed by atoms with Gasteiger partial charge in [0.15, 0.2) is 0 Å². The van der Waals surface area contributed by atoms with Crippen molar-refractivity contribution in [1.82, 2.24) is 9.78 Å². The first-order valence-electron chi connectivity index (χ1n) is 5.35. The van der Waals surface area contributed by atoms with Crippen LogP contribution >= 0.6 is 15.9 Å². The minimum atomic E-state index is -4.50. The first-order chi connectivity index (χ1) is 8.49. The van der Waals surface area contributed by atoms with Crippen LogP contribution < -0.4 is 16.6 Å². The lowest BCUT2D eigenvalue weighted by Gasteiger charge is -2.20. The summed E-state index contributed by atoms with van der Waals surface area (Å²) < 4.78 is 37.0. The Morgan fingerprint density at radius 3 is 2.53 bits per heavy atom. The lowest BCUT2D eigenvalue weighted by atomic mass is 10.1. The molecule has 0 amide bonds. The molecule has 0 aliphatic rings. The number of anilines is 1. The molecule has 1 heterocycles. The molecule has 1 aromatic rings. The lowest BCUT2D eigenvalue weighted by molar-refractivity contribution is -0.143. The normalized spacial score (nSPS) is 12.6. The number of nitrogens with two attached hydrogens (primary N) is 1. The first kappa shape index (κ1) is 16.0. The molecule has 0 unspecified atom stereocenters. The van der Waals surface area contributed by atoms with E-state index in [1.807, 2.05) is 0 Å². The summed E-state index contributed by atoms with van der Waals surface area (Å²) in [6.07, 6.45) is -3.34. The van der Waals surface area contributed by atoms with Crippen LogP contribution in [0.4, 0.5) is 18.9 Å². The van der Waals surface area contributed by atoms with Crippen molar-refractivity contribution in [3.05, 3.63) is 21.0 Å². The van der Waals surface area contributed by atoms with Gasteiger partial charge in [-0.15, -0.1) is 0 Å². The largest absolute Gasteiger partial charge is 0.408 e. The van der Waals surface area contributed by atoms with Crippen molar-refractivity contribution in [2.45, 2.75) is 32.1 Å². The smallest absolute Gasteiger partial charge is 0.381 e. The predicted octanol–water partition coefficient (Wildman–Crippen LogP) is 1.72. The van der Waals surface area contributed by atoms with Crippen LogP contribution in [0, 0.1) is 0 Å². The molecule has 0 atom stereocenters.